The number of nitrogens with zero attached hydrogens (tertiary/aromatic N) is 4. The van der Waals surface area contributed by atoms with Gasteiger partial charge in [0.05, 0.1) is 48.3 Å². The zero-order chi connectivity index (χ0) is 25.2. The van der Waals surface area contributed by atoms with Gasteiger partial charge in [-0.25, -0.2) is 8.42 Å². The Balaban J connectivity index is 0.000000981. The third kappa shape index (κ3) is 13.2. The summed E-state index contributed by atoms with van der Waals surface area (Å²) in [5.41, 5.74) is 1.86. The van der Waals surface area contributed by atoms with E-state index in [0.717, 1.165) is 30.5 Å². The molecular formula is C19H25Cl2N5O6S. The number of nitrogens with one attached hydrogen (secondary N) is 1. The Labute approximate surface area is 202 Å². The van der Waals surface area contributed by atoms with Gasteiger partial charge in [0.2, 0.25) is 10.4 Å². The highest BCUT2D eigenvalue weighted by atomic mass is 35.5. The molecular weight excluding hydrogens is 497 g/mol. The number of quaternary nitrogens is 1. The second-order valence-electron chi connectivity index (χ2n) is 7.82. The summed E-state index contributed by atoms with van der Waals surface area (Å²) in [6.07, 6.45) is 0.925. The van der Waals surface area contributed by atoms with E-state index in [0.29, 0.717) is 5.69 Å². The van der Waals surface area contributed by atoms with Crippen LogP contribution in [-0.4, -0.2) is 67.7 Å². The topological polar surface area (TPSA) is 157 Å². The Bertz CT molecular complexity index is 1040. The number of nitro groups is 1. The molecule has 0 saturated carbocycles. The zero-order valence-electron chi connectivity index (χ0n) is 18.2. The van der Waals surface area contributed by atoms with Crippen molar-refractivity contribution < 1.29 is 26.9 Å². The smallest absolute Gasteiger partial charge is 0.272 e. The van der Waals surface area contributed by atoms with E-state index in [-0.39, 0.29) is 21.4 Å². The molecule has 0 radical (unpaired) electrons. The number of hydrogen-bond acceptors (Lipinski definition) is 8. The fourth-order valence-corrected chi connectivity index (χ4v) is 2.91. The second-order valence-corrected chi connectivity index (χ2v) is 9.49. The summed E-state index contributed by atoms with van der Waals surface area (Å²) < 4.78 is 33.8. The minimum atomic E-state index is -4.92. The summed E-state index contributed by atoms with van der Waals surface area (Å²) in [7, 11) is 1.60. The van der Waals surface area contributed by atoms with Gasteiger partial charge in [-0.1, -0.05) is 35.3 Å². The van der Waals surface area contributed by atoms with E-state index >= 15 is 0 Å². The van der Waals surface area contributed by atoms with Crippen LogP contribution in [0, 0.1) is 10.1 Å². The minimum absolute atomic E-state index is 0.0829. The maximum absolute atomic E-state index is 10.8. The predicted molar refractivity (Wildman–Crippen MR) is 126 cm³/mol. The molecule has 0 aliphatic heterocycles. The first-order valence-corrected chi connectivity index (χ1v) is 11.6. The highest BCUT2D eigenvalue weighted by molar-refractivity contribution is 7.79. The standard InChI is InChI=1S/C19H24Cl2N5O2.H2O4S/c1-26(2,3)11-10-22-9-8-14-4-6-15(7-5-14)23-24-19-17(20)12-16(25(27)28)13-18(19)21;1-5(2,3)4/h4-7,12-13,22H,8-11H2,1-3H3;(H2,1,2,3,4)/q+1;/p-1. The third-order valence-electron chi connectivity index (χ3n) is 3.96. The van der Waals surface area contributed by atoms with Gasteiger partial charge >= 0.3 is 0 Å². The average molecular weight is 522 g/mol. The zero-order valence-corrected chi connectivity index (χ0v) is 20.6. The summed E-state index contributed by atoms with van der Waals surface area (Å²) in [6, 6.07) is 10.1. The van der Waals surface area contributed by atoms with Crippen molar-refractivity contribution in [2.24, 2.45) is 10.2 Å². The van der Waals surface area contributed by atoms with Gasteiger partial charge in [-0.2, -0.15) is 5.11 Å². The molecule has 2 aromatic rings. The van der Waals surface area contributed by atoms with E-state index in [1.807, 2.05) is 24.3 Å². The number of rotatable bonds is 9. The van der Waals surface area contributed by atoms with Gasteiger partial charge in [0.1, 0.15) is 5.69 Å². The number of nitro benzene ring substituents is 1. The molecule has 0 spiro atoms. The van der Waals surface area contributed by atoms with Gasteiger partial charge in [0.15, 0.2) is 0 Å². The van der Waals surface area contributed by atoms with Gasteiger partial charge in [0, 0.05) is 18.7 Å². The minimum Gasteiger partial charge on any atom is -0.726 e. The molecule has 33 heavy (non-hydrogen) atoms. The molecule has 0 aromatic heterocycles. The van der Waals surface area contributed by atoms with Crippen LogP contribution in [0.5, 0.6) is 0 Å². The number of hydrogen-bond donors (Lipinski definition) is 2. The van der Waals surface area contributed by atoms with Crippen LogP contribution in [0.25, 0.3) is 0 Å². The number of benzene rings is 2. The van der Waals surface area contributed by atoms with E-state index in [9.17, 15) is 10.1 Å². The van der Waals surface area contributed by atoms with Gasteiger partial charge < -0.3 is 14.4 Å². The Morgan fingerprint density at radius 3 is 2.03 bits per heavy atom. The molecule has 0 aliphatic carbocycles. The Morgan fingerprint density at radius 2 is 1.58 bits per heavy atom. The molecule has 0 aliphatic rings. The summed E-state index contributed by atoms with van der Waals surface area (Å²) >= 11 is 12.1. The molecule has 0 heterocycles. The largest absolute Gasteiger partial charge is 0.726 e. The lowest BCUT2D eigenvalue weighted by Gasteiger charge is -2.23. The molecule has 0 amide bonds. The first-order valence-electron chi connectivity index (χ1n) is 9.49. The Morgan fingerprint density at radius 1 is 1.06 bits per heavy atom. The Hall–Kier alpha value is -2.19. The fourth-order valence-electron chi connectivity index (χ4n) is 2.36. The van der Waals surface area contributed by atoms with Gasteiger partial charge in [-0.15, -0.1) is 5.11 Å². The molecule has 2 rings (SSSR count). The van der Waals surface area contributed by atoms with Crippen molar-refractivity contribution in [1.29, 1.82) is 0 Å². The molecule has 2 N–H and O–H groups in total. The molecule has 0 fully saturated rings. The van der Waals surface area contributed by atoms with Gasteiger partial charge in [0.25, 0.3) is 5.69 Å². The molecule has 0 bridgehead atoms. The molecule has 0 saturated heterocycles. The fraction of sp³-hybridized carbons (Fsp3) is 0.368. The van der Waals surface area contributed by atoms with E-state index in [1.54, 1.807) is 0 Å². The number of likely N-dealkylation sites (N-methyl/N-ethyl adjacent to an activating group) is 1. The SMILES string of the molecule is C[N+](C)(C)CCNCCc1ccc(N=Nc2c(Cl)cc([N+](=O)[O-])cc2Cl)cc1.O=S(=O)([O-])O. The van der Waals surface area contributed by atoms with Crippen molar-refractivity contribution in [3.05, 3.63) is 62.1 Å². The number of azo groups is 1. The average Bonchev–Trinajstić information content (AvgIpc) is 2.65. The van der Waals surface area contributed by atoms with Gasteiger partial charge in [-0.05, 0) is 30.7 Å². The van der Waals surface area contributed by atoms with Crippen LogP contribution in [0.15, 0.2) is 46.6 Å². The van der Waals surface area contributed by atoms with Crippen LogP contribution in [0.4, 0.5) is 17.1 Å². The van der Waals surface area contributed by atoms with Gasteiger partial charge in [-0.3, -0.25) is 14.7 Å². The molecule has 2 aromatic carbocycles. The molecule has 14 heteroatoms. The second kappa shape index (κ2) is 12.9. The Kier molecular flexibility index (Phi) is 11.3. The quantitative estimate of drug-likeness (QED) is 0.0952. The lowest BCUT2D eigenvalue weighted by atomic mass is 10.1. The maximum Gasteiger partial charge on any atom is 0.272 e. The summed E-state index contributed by atoms with van der Waals surface area (Å²) in [6.45, 7) is 2.97. The van der Waals surface area contributed by atoms with Crippen LogP contribution in [0.3, 0.4) is 0 Å². The molecule has 182 valence electrons. The van der Waals surface area contributed by atoms with E-state index in [4.69, 9.17) is 40.7 Å². The molecule has 11 nitrogen and oxygen atoms in total. The number of non-ortho nitro benzene ring substituents is 1. The van der Waals surface area contributed by atoms with E-state index in [2.05, 4.69) is 36.7 Å². The van der Waals surface area contributed by atoms with Crippen molar-refractivity contribution in [3.63, 3.8) is 0 Å². The van der Waals surface area contributed by atoms with E-state index < -0.39 is 15.3 Å². The van der Waals surface area contributed by atoms with Crippen molar-refractivity contribution in [3.8, 4) is 0 Å². The summed E-state index contributed by atoms with van der Waals surface area (Å²) in [5, 5.41) is 22.6. The normalized spacial score (nSPS) is 11.8. The van der Waals surface area contributed by atoms with Crippen molar-refractivity contribution >= 4 is 50.7 Å². The van der Waals surface area contributed by atoms with Crippen molar-refractivity contribution in [2.75, 3.05) is 40.8 Å². The molecule has 0 unspecified atom stereocenters. The van der Waals surface area contributed by atoms with Crippen molar-refractivity contribution in [1.82, 2.24) is 5.32 Å². The highest BCUT2D eigenvalue weighted by Crippen LogP contribution is 2.37. The summed E-state index contributed by atoms with van der Waals surface area (Å²) in [4.78, 5) is 10.3. The van der Waals surface area contributed by atoms with Crippen LogP contribution in [-0.2, 0) is 16.8 Å². The maximum atomic E-state index is 10.8. The van der Waals surface area contributed by atoms with Crippen LogP contribution >= 0.6 is 23.2 Å². The van der Waals surface area contributed by atoms with Crippen molar-refractivity contribution in [2.45, 2.75) is 6.42 Å². The first-order chi connectivity index (χ1) is 15.2. The monoisotopic (exact) mass is 521 g/mol. The lowest BCUT2D eigenvalue weighted by molar-refractivity contribution is -0.869. The summed E-state index contributed by atoms with van der Waals surface area (Å²) in [5.74, 6) is 0. The number of halogens is 2. The van der Waals surface area contributed by atoms with Crippen LogP contribution in [0.1, 0.15) is 5.56 Å². The highest BCUT2D eigenvalue weighted by Gasteiger charge is 2.14. The van der Waals surface area contributed by atoms with E-state index in [1.165, 1.54) is 17.7 Å². The lowest BCUT2D eigenvalue weighted by Crippen LogP contribution is -2.40. The van der Waals surface area contributed by atoms with Crippen LogP contribution < -0.4 is 5.32 Å². The first kappa shape index (κ1) is 28.8. The third-order valence-corrected chi connectivity index (χ3v) is 4.54. The predicted octanol–water partition coefficient (Wildman–Crippen LogP) is 4.16. The molecule has 0 atom stereocenters. The van der Waals surface area contributed by atoms with Crippen LogP contribution in [0.2, 0.25) is 10.0 Å².